The van der Waals surface area contributed by atoms with Gasteiger partial charge in [0.1, 0.15) is 0 Å². The maximum atomic E-state index is 5.72. The highest BCUT2D eigenvalue weighted by atomic mass is 16.5. The molecule has 2 unspecified atom stereocenters. The molecule has 1 nitrogen and oxygen atoms in total. The molecule has 0 saturated carbocycles. The van der Waals surface area contributed by atoms with Gasteiger partial charge in [0, 0.05) is 7.11 Å². The van der Waals surface area contributed by atoms with Gasteiger partial charge in [-0.3, -0.25) is 0 Å². The lowest BCUT2D eigenvalue weighted by atomic mass is 9.68. The van der Waals surface area contributed by atoms with Crippen molar-refractivity contribution in [3.8, 4) is 0 Å². The van der Waals surface area contributed by atoms with Crippen LogP contribution >= 0.6 is 0 Å². The SMILES string of the molecule is CCCC(C)(CC)C(OC)C(C)(C)C. The van der Waals surface area contributed by atoms with Crippen LogP contribution in [0.4, 0.5) is 0 Å². The van der Waals surface area contributed by atoms with Crippen molar-refractivity contribution < 1.29 is 4.74 Å². The third kappa shape index (κ3) is 3.27. The maximum Gasteiger partial charge on any atom is 0.0672 e. The van der Waals surface area contributed by atoms with E-state index in [1.165, 1.54) is 19.3 Å². The van der Waals surface area contributed by atoms with E-state index >= 15 is 0 Å². The second-order valence-electron chi connectivity index (χ2n) is 5.74. The summed E-state index contributed by atoms with van der Waals surface area (Å²) in [6.07, 6.45) is 4.02. The molecule has 0 aromatic heterocycles. The normalized spacial score (nSPS) is 19.1. The molecule has 0 spiro atoms. The summed E-state index contributed by atoms with van der Waals surface area (Å²) in [5.74, 6) is 0. The van der Waals surface area contributed by atoms with E-state index in [2.05, 4.69) is 41.5 Å². The van der Waals surface area contributed by atoms with Crippen molar-refractivity contribution in [3.63, 3.8) is 0 Å². The van der Waals surface area contributed by atoms with E-state index in [9.17, 15) is 0 Å². The van der Waals surface area contributed by atoms with Gasteiger partial charge in [0.2, 0.25) is 0 Å². The van der Waals surface area contributed by atoms with E-state index in [0.717, 1.165) is 0 Å². The van der Waals surface area contributed by atoms with Crippen LogP contribution in [0.5, 0.6) is 0 Å². The predicted molar refractivity (Wildman–Crippen MR) is 63.6 cm³/mol. The predicted octanol–water partition coefficient (Wildman–Crippen LogP) is 4.26. The molecule has 2 atom stereocenters. The Morgan fingerprint density at radius 1 is 1.07 bits per heavy atom. The van der Waals surface area contributed by atoms with Crippen LogP contribution in [0.1, 0.15) is 60.8 Å². The van der Waals surface area contributed by atoms with E-state index in [-0.39, 0.29) is 5.41 Å². The van der Waals surface area contributed by atoms with Gasteiger partial charge < -0.3 is 4.74 Å². The van der Waals surface area contributed by atoms with Crippen LogP contribution in [-0.2, 0) is 4.74 Å². The maximum absolute atomic E-state index is 5.72. The smallest absolute Gasteiger partial charge is 0.0672 e. The van der Waals surface area contributed by atoms with Gasteiger partial charge in [0.05, 0.1) is 6.10 Å². The van der Waals surface area contributed by atoms with Gasteiger partial charge in [0.25, 0.3) is 0 Å². The quantitative estimate of drug-likeness (QED) is 0.644. The van der Waals surface area contributed by atoms with Crippen molar-refractivity contribution >= 4 is 0 Å². The number of rotatable bonds is 5. The molecular weight excluding hydrogens is 172 g/mol. The molecule has 0 saturated heterocycles. The van der Waals surface area contributed by atoms with Gasteiger partial charge in [0.15, 0.2) is 0 Å². The lowest BCUT2D eigenvalue weighted by Crippen LogP contribution is -2.43. The van der Waals surface area contributed by atoms with E-state index in [1.54, 1.807) is 0 Å². The highest BCUT2D eigenvalue weighted by Gasteiger charge is 2.39. The average Bonchev–Trinajstić information content (AvgIpc) is 2.03. The fourth-order valence-electron chi connectivity index (χ4n) is 2.75. The first-order valence-electron chi connectivity index (χ1n) is 5.84. The molecule has 0 heterocycles. The minimum Gasteiger partial charge on any atom is -0.380 e. The largest absolute Gasteiger partial charge is 0.380 e. The third-order valence-electron chi connectivity index (χ3n) is 3.28. The fourth-order valence-corrected chi connectivity index (χ4v) is 2.75. The van der Waals surface area contributed by atoms with E-state index in [1.807, 2.05) is 7.11 Å². The molecule has 0 N–H and O–H groups in total. The Morgan fingerprint density at radius 3 is 1.79 bits per heavy atom. The highest BCUT2D eigenvalue weighted by molar-refractivity contribution is 4.89. The first-order chi connectivity index (χ1) is 6.31. The molecule has 0 aromatic carbocycles. The average molecular weight is 200 g/mol. The van der Waals surface area contributed by atoms with Gasteiger partial charge in [-0.15, -0.1) is 0 Å². The first kappa shape index (κ1) is 14.0. The van der Waals surface area contributed by atoms with E-state index in [0.29, 0.717) is 11.5 Å². The minimum absolute atomic E-state index is 0.231. The first-order valence-corrected chi connectivity index (χ1v) is 5.84. The Labute approximate surface area is 90.2 Å². The Bertz CT molecular complexity index is 157. The van der Waals surface area contributed by atoms with E-state index in [4.69, 9.17) is 4.74 Å². The van der Waals surface area contributed by atoms with E-state index < -0.39 is 0 Å². The van der Waals surface area contributed by atoms with Crippen molar-refractivity contribution in [2.24, 2.45) is 10.8 Å². The lowest BCUT2D eigenvalue weighted by Gasteiger charge is -2.43. The van der Waals surface area contributed by atoms with Crippen LogP contribution in [0.3, 0.4) is 0 Å². The third-order valence-corrected chi connectivity index (χ3v) is 3.28. The highest BCUT2D eigenvalue weighted by Crippen LogP contribution is 2.41. The van der Waals surface area contributed by atoms with Crippen LogP contribution in [0.2, 0.25) is 0 Å². The standard InChI is InChI=1S/C13H28O/c1-8-10-13(6,9-2)11(14-7)12(3,4)5/h11H,8-10H2,1-7H3. The van der Waals surface area contributed by atoms with Gasteiger partial charge >= 0.3 is 0 Å². The van der Waals surface area contributed by atoms with Crippen LogP contribution in [-0.4, -0.2) is 13.2 Å². The summed E-state index contributed by atoms with van der Waals surface area (Å²) in [7, 11) is 1.85. The molecule has 0 aliphatic heterocycles. The van der Waals surface area contributed by atoms with Crippen LogP contribution in [0.25, 0.3) is 0 Å². The van der Waals surface area contributed by atoms with Gasteiger partial charge in [-0.05, 0) is 23.7 Å². The molecule has 14 heavy (non-hydrogen) atoms. The summed E-state index contributed by atoms with van der Waals surface area (Å²) in [6, 6.07) is 0. The van der Waals surface area contributed by atoms with Crippen molar-refractivity contribution in [1.29, 1.82) is 0 Å². The molecule has 86 valence electrons. The summed E-state index contributed by atoms with van der Waals surface area (Å²) >= 11 is 0. The molecule has 0 bridgehead atoms. The second kappa shape index (κ2) is 5.16. The zero-order valence-electron chi connectivity index (χ0n) is 11.1. The van der Waals surface area contributed by atoms with Gasteiger partial charge in [-0.25, -0.2) is 0 Å². The topological polar surface area (TPSA) is 9.23 Å². The lowest BCUT2D eigenvalue weighted by molar-refractivity contribution is -0.0774. The molecule has 0 aliphatic rings. The summed E-state index contributed by atoms with van der Waals surface area (Å²) in [4.78, 5) is 0. The number of hydrogen-bond acceptors (Lipinski definition) is 1. The van der Waals surface area contributed by atoms with Gasteiger partial charge in [-0.1, -0.05) is 48.0 Å². The van der Waals surface area contributed by atoms with Crippen molar-refractivity contribution in [1.82, 2.24) is 0 Å². The Kier molecular flexibility index (Phi) is 5.14. The number of methoxy groups -OCH3 is 1. The van der Waals surface area contributed by atoms with Crippen molar-refractivity contribution in [3.05, 3.63) is 0 Å². The summed E-state index contributed by atoms with van der Waals surface area (Å²) in [6.45, 7) is 13.7. The molecule has 0 radical (unpaired) electrons. The molecule has 0 rings (SSSR count). The summed E-state index contributed by atoms with van der Waals surface area (Å²) < 4.78 is 5.72. The molecule has 0 fully saturated rings. The van der Waals surface area contributed by atoms with Crippen molar-refractivity contribution in [2.75, 3.05) is 7.11 Å². The molecule has 0 aromatic rings. The molecular formula is C13H28O. The zero-order valence-corrected chi connectivity index (χ0v) is 11.1. The van der Waals surface area contributed by atoms with Crippen LogP contribution in [0.15, 0.2) is 0 Å². The Hall–Kier alpha value is -0.0400. The monoisotopic (exact) mass is 200 g/mol. The second-order valence-corrected chi connectivity index (χ2v) is 5.74. The van der Waals surface area contributed by atoms with Crippen molar-refractivity contribution in [2.45, 2.75) is 66.9 Å². The molecule has 0 amide bonds. The minimum atomic E-state index is 0.231. The summed E-state index contributed by atoms with van der Waals surface area (Å²) in [5.41, 5.74) is 0.552. The molecule has 0 aliphatic carbocycles. The fraction of sp³-hybridized carbons (Fsp3) is 1.00. The zero-order chi connectivity index (χ0) is 11.4. The number of hydrogen-bond donors (Lipinski definition) is 0. The summed E-state index contributed by atoms with van der Waals surface area (Å²) in [5, 5.41) is 0. The Balaban J connectivity index is 4.77. The van der Waals surface area contributed by atoms with Crippen LogP contribution < -0.4 is 0 Å². The number of ether oxygens (including phenoxy) is 1. The van der Waals surface area contributed by atoms with Crippen LogP contribution in [0, 0.1) is 10.8 Å². The molecule has 1 heteroatoms. The van der Waals surface area contributed by atoms with Gasteiger partial charge in [-0.2, -0.15) is 0 Å². The Morgan fingerprint density at radius 2 is 1.57 bits per heavy atom.